The molecule has 0 radical (unpaired) electrons. The molecule has 16 heavy (non-hydrogen) atoms. The van der Waals surface area contributed by atoms with Crippen LogP contribution in [0.4, 0.5) is 10.5 Å². The molecule has 2 amide bonds. The molecule has 1 heterocycles. The largest absolute Gasteiger partial charge is 0.324 e. The summed E-state index contributed by atoms with van der Waals surface area (Å²) in [6.07, 6.45) is 2.35. The maximum Gasteiger partial charge on any atom is 0.321 e. The summed E-state index contributed by atoms with van der Waals surface area (Å²) in [5.41, 5.74) is 0.866. The molecule has 3 nitrogen and oxygen atoms in total. The Balaban J connectivity index is 1.93. The van der Waals surface area contributed by atoms with Crippen LogP contribution in [0.15, 0.2) is 30.3 Å². The molecule has 1 atom stereocenters. The minimum absolute atomic E-state index is 0.0257. The number of nitrogens with one attached hydrogen (secondary N) is 1. The molecule has 0 unspecified atom stereocenters. The van der Waals surface area contributed by atoms with Gasteiger partial charge in [0.25, 0.3) is 0 Å². The van der Waals surface area contributed by atoms with E-state index in [4.69, 9.17) is 0 Å². The number of hydrogen-bond donors (Lipinski definition) is 1. The van der Waals surface area contributed by atoms with Gasteiger partial charge in [-0.3, -0.25) is 0 Å². The van der Waals surface area contributed by atoms with Crippen molar-refractivity contribution >= 4 is 11.7 Å². The van der Waals surface area contributed by atoms with Crippen molar-refractivity contribution in [1.29, 1.82) is 0 Å². The fraction of sp³-hybridized carbons (Fsp3) is 0.462. The van der Waals surface area contributed by atoms with Crippen molar-refractivity contribution in [3.8, 4) is 0 Å². The third-order valence-electron chi connectivity index (χ3n) is 2.97. The average molecular weight is 218 g/mol. The van der Waals surface area contributed by atoms with E-state index in [0.717, 1.165) is 25.2 Å². The second kappa shape index (κ2) is 5.01. The summed E-state index contributed by atoms with van der Waals surface area (Å²) in [5.74, 6) is 0.621. The standard InChI is InChI=1S/C13H18N2O/c1-11-6-5-9-15(10-11)13(16)14-12-7-3-2-4-8-12/h2-4,7-8,11H,5-6,9-10H2,1H3,(H,14,16)/t11-/m0/s1. The lowest BCUT2D eigenvalue weighted by Crippen LogP contribution is -2.41. The number of urea groups is 1. The molecule has 0 aromatic heterocycles. The number of para-hydroxylation sites is 1. The quantitative estimate of drug-likeness (QED) is 0.772. The number of carbonyl (C=O) groups is 1. The second-order valence-electron chi connectivity index (χ2n) is 4.49. The Bertz CT molecular complexity index is 350. The zero-order valence-electron chi connectivity index (χ0n) is 9.65. The molecule has 3 heteroatoms. The molecule has 1 saturated heterocycles. The highest BCUT2D eigenvalue weighted by atomic mass is 16.2. The van der Waals surface area contributed by atoms with E-state index in [1.54, 1.807) is 0 Å². The predicted octanol–water partition coefficient (Wildman–Crippen LogP) is 2.95. The van der Waals surface area contributed by atoms with E-state index in [2.05, 4.69) is 12.2 Å². The summed E-state index contributed by atoms with van der Waals surface area (Å²) in [4.78, 5) is 13.8. The van der Waals surface area contributed by atoms with E-state index in [1.165, 1.54) is 6.42 Å². The van der Waals surface area contributed by atoms with Crippen LogP contribution in [-0.4, -0.2) is 24.0 Å². The van der Waals surface area contributed by atoms with Gasteiger partial charge in [-0.15, -0.1) is 0 Å². The highest BCUT2D eigenvalue weighted by Gasteiger charge is 2.20. The number of anilines is 1. The first kappa shape index (κ1) is 11.0. The normalized spacial score (nSPS) is 20.6. The molecule has 0 spiro atoms. The Morgan fingerprint density at radius 2 is 2.12 bits per heavy atom. The molecule has 1 N–H and O–H groups in total. The summed E-state index contributed by atoms with van der Waals surface area (Å²) >= 11 is 0. The van der Waals surface area contributed by atoms with Crippen molar-refractivity contribution in [3.63, 3.8) is 0 Å². The lowest BCUT2D eigenvalue weighted by molar-refractivity contribution is 0.182. The summed E-state index contributed by atoms with van der Waals surface area (Å²) in [6.45, 7) is 3.95. The van der Waals surface area contributed by atoms with Gasteiger partial charge in [-0.05, 0) is 30.9 Å². The van der Waals surface area contributed by atoms with E-state index in [1.807, 2.05) is 35.2 Å². The van der Waals surface area contributed by atoms with Gasteiger partial charge in [0.15, 0.2) is 0 Å². The monoisotopic (exact) mass is 218 g/mol. The molecule has 1 aromatic rings. The lowest BCUT2D eigenvalue weighted by atomic mass is 10.0. The molecule has 0 bridgehead atoms. The average Bonchev–Trinajstić information content (AvgIpc) is 2.30. The zero-order chi connectivity index (χ0) is 11.4. The van der Waals surface area contributed by atoms with Crippen LogP contribution in [0.1, 0.15) is 19.8 Å². The molecular formula is C13H18N2O. The van der Waals surface area contributed by atoms with Crippen molar-refractivity contribution in [2.75, 3.05) is 18.4 Å². The van der Waals surface area contributed by atoms with Gasteiger partial charge in [0.2, 0.25) is 0 Å². The van der Waals surface area contributed by atoms with Crippen LogP contribution in [0, 0.1) is 5.92 Å². The number of amides is 2. The number of nitrogens with zero attached hydrogens (tertiary/aromatic N) is 1. The molecular weight excluding hydrogens is 200 g/mol. The molecule has 0 saturated carbocycles. The number of carbonyl (C=O) groups excluding carboxylic acids is 1. The van der Waals surface area contributed by atoms with Crippen LogP contribution in [0.25, 0.3) is 0 Å². The number of benzene rings is 1. The zero-order valence-corrected chi connectivity index (χ0v) is 9.65. The third-order valence-corrected chi connectivity index (χ3v) is 2.97. The topological polar surface area (TPSA) is 32.3 Å². The molecule has 1 aromatic carbocycles. The van der Waals surface area contributed by atoms with E-state index >= 15 is 0 Å². The summed E-state index contributed by atoms with van der Waals surface area (Å²) in [6, 6.07) is 9.63. The van der Waals surface area contributed by atoms with Crippen molar-refractivity contribution in [2.45, 2.75) is 19.8 Å². The van der Waals surface area contributed by atoms with Gasteiger partial charge in [-0.25, -0.2) is 4.79 Å². The fourth-order valence-electron chi connectivity index (χ4n) is 2.10. The van der Waals surface area contributed by atoms with Gasteiger partial charge >= 0.3 is 6.03 Å². The highest BCUT2D eigenvalue weighted by molar-refractivity contribution is 5.89. The molecule has 1 aliphatic rings. The van der Waals surface area contributed by atoms with Gasteiger partial charge in [0.1, 0.15) is 0 Å². The minimum Gasteiger partial charge on any atom is -0.324 e. The second-order valence-corrected chi connectivity index (χ2v) is 4.49. The van der Waals surface area contributed by atoms with Crippen LogP contribution in [0.2, 0.25) is 0 Å². The molecule has 2 rings (SSSR count). The number of hydrogen-bond acceptors (Lipinski definition) is 1. The highest BCUT2D eigenvalue weighted by Crippen LogP contribution is 2.16. The van der Waals surface area contributed by atoms with Crippen LogP contribution < -0.4 is 5.32 Å². The Morgan fingerprint density at radius 3 is 2.81 bits per heavy atom. The van der Waals surface area contributed by atoms with E-state index in [-0.39, 0.29) is 6.03 Å². The lowest BCUT2D eigenvalue weighted by Gasteiger charge is -2.30. The first-order valence-corrected chi connectivity index (χ1v) is 5.86. The van der Waals surface area contributed by atoms with Crippen LogP contribution in [0.5, 0.6) is 0 Å². The Morgan fingerprint density at radius 1 is 1.38 bits per heavy atom. The maximum absolute atomic E-state index is 11.9. The smallest absolute Gasteiger partial charge is 0.321 e. The number of likely N-dealkylation sites (tertiary alicyclic amines) is 1. The van der Waals surface area contributed by atoms with Gasteiger partial charge in [0, 0.05) is 18.8 Å². The van der Waals surface area contributed by atoms with E-state index in [9.17, 15) is 4.79 Å². The number of rotatable bonds is 1. The van der Waals surface area contributed by atoms with Gasteiger partial charge in [-0.2, -0.15) is 0 Å². The first-order chi connectivity index (χ1) is 7.75. The van der Waals surface area contributed by atoms with Crippen molar-refractivity contribution < 1.29 is 4.79 Å². The van der Waals surface area contributed by atoms with Gasteiger partial charge < -0.3 is 10.2 Å². The van der Waals surface area contributed by atoms with Crippen LogP contribution in [0.3, 0.4) is 0 Å². The Kier molecular flexibility index (Phi) is 3.44. The summed E-state index contributed by atoms with van der Waals surface area (Å²) in [7, 11) is 0. The van der Waals surface area contributed by atoms with Crippen LogP contribution >= 0.6 is 0 Å². The van der Waals surface area contributed by atoms with Crippen LogP contribution in [-0.2, 0) is 0 Å². The van der Waals surface area contributed by atoms with Gasteiger partial charge in [-0.1, -0.05) is 25.1 Å². The third kappa shape index (κ3) is 2.75. The maximum atomic E-state index is 11.9. The number of piperidine rings is 1. The Labute approximate surface area is 96.5 Å². The van der Waals surface area contributed by atoms with Gasteiger partial charge in [0.05, 0.1) is 0 Å². The van der Waals surface area contributed by atoms with Crippen molar-refractivity contribution in [3.05, 3.63) is 30.3 Å². The Hall–Kier alpha value is -1.51. The molecule has 1 aliphatic heterocycles. The first-order valence-electron chi connectivity index (χ1n) is 5.86. The summed E-state index contributed by atoms with van der Waals surface area (Å²) < 4.78 is 0. The minimum atomic E-state index is 0.0257. The predicted molar refractivity (Wildman–Crippen MR) is 65.4 cm³/mol. The molecule has 1 fully saturated rings. The van der Waals surface area contributed by atoms with E-state index in [0.29, 0.717) is 5.92 Å². The van der Waals surface area contributed by atoms with Crippen molar-refractivity contribution in [1.82, 2.24) is 4.90 Å². The summed E-state index contributed by atoms with van der Waals surface area (Å²) in [5, 5.41) is 2.92. The van der Waals surface area contributed by atoms with Crippen molar-refractivity contribution in [2.24, 2.45) is 5.92 Å². The van der Waals surface area contributed by atoms with E-state index < -0.39 is 0 Å². The fourth-order valence-corrected chi connectivity index (χ4v) is 2.10. The molecule has 0 aliphatic carbocycles. The SMILES string of the molecule is C[C@H]1CCCN(C(=O)Nc2ccccc2)C1. The molecule has 86 valence electrons.